The number of aryl methyl sites for hydroxylation is 1. The molecule has 0 radical (unpaired) electrons. The average molecular weight is 395 g/mol. The first-order valence-electron chi connectivity index (χ1n) is 8.13. The Kier molecular flexibility index (Phi) is 4.86. The first kappa shape index (κ1) is 18.9. The van der Waals surface area contributed by atoms with E-state index in [2.05, 4.69) is 9.71 Å². The van der Waals surface area contributed by atoms with Crippen molar-refractivity contribution in [3.05, 3.63) is 64.6 Å². The van der Waals surface area contributed by atoms with Gasteiger partial charge in [0.25, 0.3) is 0 Å². The number of halogens is 2. The highest BCUT2D eigenvalue weighted by Crippen LogP contribution is 2.31. The van der Waals surface area contributed by atoms with Crippen LogP contribution in [-0.2, 0) is 15.4 Å². The summed E-state index contributed by atoms with van der Waals surface area (Å²) in [7, 11) is -3.73. The van der Waals surface area contributed by atoms with E-state index in [0.29, 0.717) is 10.6 Å². The Morgan fingerprint density at radius 1 is 1.19 bits per heavy atom. The van der Waals surface area contributed by atoms with E-state index in [0.717, 1.165) is 16.5 Å². The molecule has 0 fully saturated rings. The molecule has 1 aromatic heterocycles. The topological polar surface area (TPSA) is 62.0 Å². The van der Waals surface area contributed by atoms with Gasteiger partial charge >= 0.3 is 0 Å². The molecule has 0 saturated heterocycles. The van der Waals surface area contributed by atoms with Crippen molar-refractivity contribution in [1.82, 2.24) is 9.71 Å². The minimum Gasteiger partial charge on any atom is -0.361 e. The Morgan fingerprint density at radius 3 is 2.62 bits per heavy atom. The van der Waals surface area contributed by atoms with Gasteiger partial charge in [0.05, 0.1) is 4.90 Å². The summed E-state index contributed by atoms with van der Waals surface area (Å²) in [4.78, 5) is 3.23. The molecule has 3 rings (SSSR count). The molecule has 26 heavy (non-hydrogen) atoms. The summed E-state index contributed by atoms with van der Waals surface area (Å²) in [5.41, 5.74) is 1.72. The van der Waals surface area contributed by atoms with Crippen molar-refractivity contribution >= 4 is 32.5 Å². The van der Waals surface area contributed by atoms with Crippen LogP contribution in [-0.4, -0.2) is 19.9 Å². The summed E-state index contributed by atoms with van der Waals surface area (Å²) in [6.07, 6.45) is 1.87. The van der Waals surface area contributed by atoms with E-state index >= 15 is 0 Å². The normalized spacial score (nSPS) is 12.7. The number of hydrogen-bond acceptors (Lipinski definition) is 2. The Labute approximate surface area is 157 Å². The van der Waals surface area contributed by atoms with Gasteiger partial charge in [0.1, 0.15) is 5.82 Å². The van der Waals surface area contributed by atoms with Crippen molar-refractivity contribution in [2.24, 2.45) is 0 Å². The molecule has 0 saturated carbocycles. The molecule has 2 aromatic carbocycles. The fraction of sp³-hybridized carbons (Fsp3) is 0.263. The first-order valence-corrected chi connectivity index (χ1v) is 9.99. The van der Waals surface area contributed by atoms with E-state index in [9.17, 15) is 12.8 Å². The predicted molar refractivity (Wildman–Crippen MR) is 103 cm³/mol. The summed E-state index contributed by atoms with van der Waals surface area (Å²) < 4.78 is 41.2. The number of benzene rings is 2. The fourth-order valence-corrected chi connectivity index (χ4v) is 4.37. The molecule has 1 heterocycles. The lowest BCUT2D eigenvalue weighted by molar-refractivity contribution is 0.504. The predicted octanol–water partition coefficient (Wildman–Crippen LogP) is 4.52. The van der Waals surface area contributed by atoms with Gasteiger partial charge in [-0.15, -0.1) is 0 Å². The molecule has 7 heteroatoms. The summed E-state index contributed by atoms with van der Waals surface area (Å²) in [5.74, 6) is -0.429. The third-order valence-corrected chi connectivity index (χ3v) is 6.15. The van der Waals surface area contributed by atoms with Crippen LogP contribution in [0.25, 0.3) is 10.9 Å². The maximum Gasteiger partial charge on any atom is 0.240 e. The van der Waals surface area contributed by atoms with E-state index in [4.69, 9.17) is 11.6 Å². The molecular formula is C19H20ClFN2O2S. The zero-order valence-electron chi connectivity index (χ0n) is 14.7. The average Bonchev–Trinajstić information content (AvgIpc) is 2.99. The number of hydrogen-bond donors (Lipinski definition) is 2. The lowest BCUT2D eigenvalue weighted by atomic mass is 9.85. The van der Waals surface area contributed by atoms with Gasteiger partial charge in [-0.25, -0.2) is 17.5 Å². The van der Waals surface area contributed by atoms with Crippen molar-refractivity contribution in [2.45, 2.75) is 31.1 Å². The third kappa shape index (κ3) is 3.63. The van der Waals surface area contributed by atoms with Gasteiger partial charge < -0.3 is 4.98 Å². The molecule has 0 unspecified atom stereocenters. The van der Waals surface area contributed by atoms with Gasteiger partial charge in [-0.3, -0.25) is 0 Å². The second kappa shape index (κ2) is 6.68. The molecule has 0 aliphatic heterocycles. The minimum absolute atomic E-state index is 0.0536. The molecule has 0 bridgehead atoms. The number of nitrogens with one attached hydrogen (secondary N) is 2. The molecule has 2 N–H and O–H groups in total. The number of aromatic amines is 1. The quantitative estimate of drug-likeness (QED) is 0.668. The van der Waals surface area contributed by atoms with E-state index in [1.165, 1.54) is 25.1 Å². The second-order valence-corrected chi connectivity index (χ2v) is 9.22. The van der Waals surface area contributed by atoms with Crippen LogP contribution in [0.2, 0.25) is 5.02 Å². The number of fused-ring (bicyclic) bond motifs is 1. The van der Waals surface area contributed by atoms with Crippen molar-refractivity contribution in [3.8, 4) is 0 Å². The van der Waals surface area contributed by atoms with Crippen LogP contribution in [0, 0.1) is 12.7 Å². The van der Waals surface area contributed by atoms with Gasteiger partial charge in [-0.1, -0.05) is 31.5 Å². The molecule has 0 spiro atoms. The zero-order chi connectivity index (χ0) is 19.1. The van der Waals surface area contributed by atoms with E-state index in [-0.39, 0.29) is 11.4 Å². The van der Waals surface area contributed by atoms with Gasteiger partial charge in [0.15, 0.2) is 0 Å². The molecule has 0 aliphatic rings. The Morgan fingerprint density at radius 2 is 1.92 bits per heavy atom. The lowest BCUT2D eigenvalue weighted by Gasteiger charge is -2.25. The van der Waals surface area contributed by atoms with Crippen LogP contribution < -0.4 is 4.72 Å². The minimum atomic E-state index is -3.73. The SMILES string of the molecule is Cc1cc(S(=O)(=O)NCC(C)(C)c2c[nH]c3cc(Cl)ccc23)ccc1F. The molecule has 0 atom stereocenters. The summed E-state index contributed by atoms with van der Waals surface area (Å²) in [5, 5.41) is 1.63. The number of H-pyrrole nitrogens is 1. The highest BCUT2D eigenvalue weighted by Gasteiger charge is 2.27. The van der Waals surface area contributed by atoms with Crippen LogP contribution in [0.1, 0.15) is 25.0 Å². The van der Waals surface area contributed by atoms with Crippen molar-refractivity contribution in [3.63, 3.8) is 0 Å². The summed E-state index contributed by atoms with van der Waals surface area (Å²) in [6.45, 7) is 5.65. The molecule has 0 aliphatic carbocycles. The zero-order valence-corrected chi connectivity index (χ0v) is 16.3. The summed E-state index contributed by atoms with van der Waals surface area (Å²) >= 11 is 6.02. The van der Waals surface area contributed by atoms with Crippen molar-refractivity contribution < 1.29 is 12.8 Å². The lowest BCUT2D eigenvalue weighted by Crippen LogP contribution is -2.36. The Hall–Kier alpha value is -1.89. The van der Waals surface area contributed by atoms with Gasteiger partial charge in [-0.2, -0.15) is 0 Å². The van der Waals surface area contributed by atoms with Gasteiger partial charge in [0.2, 0.25) is 10.0 Å². The fourth-order valence-electron chi connectivity index (χ4n) is 2.90. The standard InChI is InChI=1S/C19H20ClFN2O2S/c1-12-8-14(5-7-17(12)21)26(24,25)23-11-19(2,3)16-10-22-18-9-13(20)4-6-15(16)18/h4-10,22-23H,11H2,1-3H3. The molecular weight excluding hydrogens is 375 g/mol. The van der Waals surface area contributed by atoms with E-state index in [1.54, 1.807) is 0 Å². The number of rotatable bonds is 5. The number of aromatic nitrogens is 1. The van der Waals surface area contributed by atoms with E-state index < -0.39 is 21.3 Å². The highest BCUT2D eigenvalue weighted by molar-refractivity contribution is 7.89. The van der Waals surface area contributed by atoms with Crippen LogP contribution in [0.15, 0.2) is 47.5 Å². The van der Waals surface area contributed by atoms with Crippen LogP contribution >= 0.6 is 11.6 Å². The monoisotopic (exact) mass is 394 g/mol. The highest BCUT2D eigenvalue weighted by atomic mass is 35.5. The van der Waals surface area contributed by atoms with Crippen LogP contribution in [0.3, 0.4) is 0 Å². The molecule has 4 nitrogen and oxygen atoms in total. The largest absolute Gasteiger partial charge is 0.361 e. The second-order valence-electron chi connectivity index (χ2n) is 7.01. The Bertz CT molecular complexity index is 1070. The maximum absolute atomic E-state index is 13.4. The molecule has 0 amide bonds. The Balaban J connectivity index is 1.85. The molecule has 3 aromatic rings. The van der Waals surface area contributed by atoms with Gasteiger partial charge in [-0.05, 0) is 48.4 Å². The first-order chi connectivity index (χ1) is 12.1. The smallest absolute Gasteiger partial charge is 0.240 e. The van der Waals surface area contributed by atoms with Gasteiger partial charge in [0, 0.05) is 34.1 Å². The molecule has 138 valence electrons. The van der Waals surface area contributed by atoms with E-state index in [1.807, 2.05) is 38.2 Å². The van der Waals surface area contributed by atoms with Crippen molar-refractivity contribution in [2.75, 3.05) is 6.54 Å². The maximum atomic E-state index is 13.4. The van der Waals surface area contributed by atoms with Crippen molar-refractivity contribution in [1.29, 1.82) is 0 Å². The van der Waals surface area contributed by atoms with Crippen LogP contribution in [0.4, 0.5) is 4.39 Å². The van der Waals surface area contributed by atoms with Crippen LogP contribution in [0.5, 0.6) is 0 Å². The third-order valence-electron chi connectivity index (χ3n) is 4.52. The summed E-state index contributed by atoms with van der Waals surface area (Å²) in [6, 6.07) is 9.33. The number of sulfonamides is 1.